The Hall–Kier alpha value is -1.06. The fraction of sp³-hybridized carbons (Fsp3) is 0.800. The summed E-state index contributed by atoms with van der Waals surface area (Å²) < 4.78 is 0. The van der Waals surface area contributed by atoms with Crippen LogP contribution in [0.25, 0.3) is 0 Å². The Kier molecular flexibility index (Phi) is 3.13. The van der Waals surface area contributed by atoms with Gasteiger partial charge in [-0.1, -0.05) is 13.8 Å². The number of carbonyl (C=O) groups is 2. The summed E-state index contributed by atoms with van der Waals surface area (Å²) in [5, 5.41) is 5.43. The van der Waals surface area contributed by atoms with Gasteiger partial charge >= 0.3 is 0 Å². The van der Waals surface area contributed by atoms with Gasteiger partial charge in [0.15, 0.2) is 0 Å². The van der Waals surface area contributed by atoms with E-state index in [0.29, 0.717) is 0 Å². The maximum Gasteiger partial charge on any atom is 0.245 e. The fourth-order valence-corrected chi connectivity index (χ4v) is 1.56. The number of hydrogen-bond acceptors (Lipinski definition) is 2. The molecule has 0 atom stereocenters. The average molecular weight is 198 g/mol. The SMILES string of the molecule is CNC(=O)C1(NC(=O)C(C)C)CCC1. The molecule has 0 unspecified atom stereocenters. The third kappa shape index (κ3) is 1.89. The van der Waals surface area contributed by atoms with Gasteiger partial charge in [0, 0.05) is 13.0 Å². The Morgan fingerprint density at radius 2 is 1.86 bits per heavy atom. The van der Waals surface area contributed by atoms with E-state index in [2.05, 4.69) is 10.6 Å². The molecule has 0 aromatic carbocycles. The quantitative estimate of drug-likeness (QED) is 0.690. The highest BCUT2D eigenvalue weighted by Gasteiger charge is 2.44. The highest BCUT2D eigenvalue weighted by Crippen LogP contribution is 2.32. The molecule has 80 valence electrons. The predicted octanol–water partition coefficient (Wildman–Crippen LogP) is 0.427. The van der Waals surface area contributed by atoms with Crippen LogP contribution in [0.1, 0.15) is 33.1 Å². The van der Waals surface area contributed by atoms with Crippen LogP contribution in [0.3, 0.4) is 0 Å². The van der Waals surface area contributed by atoms with E-state index in [1.165, 1.54) is 0 Å². The van der Waals surface area contributed by atoms with Crippen molar-refractivity contribution in [2.24, 2.45) is 5.92 Å². The van der Waals surface area contributed by atoms with Crippen molar-refractivity contribution in [2.45, 2.75) is 38.6 Å². The number of carbonyl (C=O) groups excluding carboxylic acids is 2. The summed E-state index contributed by atoms with van der Waals surface area (Å²) in [6.07, 6.45) is 2.52. The van der Waals surface area contributed by atoms with Crippen molar-refractivity contribution in [2.75, 3.05) is 7.05 Å². The molecule has 0 aromatic rings. The van der Waals surface area contributed by atoms with Crippen LogP contribution in [0.4, 0.5) is 0 Å². The molecule has 0 spiro atoms. The molecule has 4 heteroatoms. The lowest BCUT2D eigenvalue weighted by molar-refractivity contribution is -0.138. The van der Waals surface area contributed by atoms with Crippen molar-refractivity contribution in [3.8, 4) is 0 Å². The first-order valence-electron chi connectivity index (χ1n) is 5.06. The Morgan fingerprint density at radius 1 is 1.29 bits per heavy atom. The van der Waals surface area contributed by atoms with E-state index in [-0.39, 0.29) is 17.7 Å². The third-order valence-corrected chi connectivity index (χ3v) is 2.76. The summed E-state index contributed by atoms with van der Waals surface area (Å²) in [6, 6.07) is 0. The minimum atomic E-state index is -0.615. The van der Waals surface area contributed by atoms with E-state index in [1.54, 1.807) is 7.05 Å². The van der Waals surface area contributed by atoms with Gasteiger partial charge < -0.3 is 10.6 Å². The van der Waals surface area contributed by atoms with Crippen molar-refractivity contribution in [3.05, 3.63) is 0 Å². The molecule has 0 bridgehead atoms. The molecule has 1 rings (SSSR count). The van der Waals surface area contributed by atoms with E-state index in [0.717, 1.165) is 19.3 Å². The number of likely N-dealkylation sites (N-methyl/N-ethyl adjacent to an activating group) is 1. The highest BCUT2D eigenvalue weighted by molar-refractivity contribution is 5.92. The second-order valence-electron chi connectivity index (χ2n) is 4.16. The molecule has 1 aliphatic rings. The van der Waals surface area contributed by atoms with Crippen LogP contribution in [0.2, 0.25) is 0 Å². The molecule has 0 saturated heterocycles. The van der Waals surface area contributed by atoms with Crippen molar-refractivity contribution >= 4 is 11.8 Å². The zero-order valence-corrected chi connectivity index (χ0v) is 9.02. The summed E-state index contributed by atoms with van der Waals surface area (Å²) in [6.45, 7) is 3.65. The molecule has 0 radical (unpaired) electrons. The van der Waals surface area contributed by atoms with E-state index in [9.17, 15) is 9.59 Å². The second kappa shape index (κ2) is 3.98. The molecule has 0 heterocycles. The number of nitrogens with one attached hydrogen (secondary N) is 2. The third-order valence-electron chi connectivity index (χ3n) is 2.76. The van der Waals surface area contributed by atoms with Crippen molar-refractivity contribution < 1.29 is 9.59 Å². The van der Waals surface area contributed by atoms with Gasteiger partial charge in [-0.3, -0.25) is 9.59 Å². The molecular formula is C10H18N2O2. The lowest BCUT2D eigenvalue weighted by Crippen LogP contribution is -2.62. The van der Waals surface area contributed by atoms with Gasteiger partial charge in [-0.2, -0.15) is 0 Å². The lowest BCUT2D eigenvalue weighted by Gasteiger charge is -2.40. The van der Waals surface area contributed by atoms with Crippen LogP contribution in [0, 0.1) is 5.92 Å². The Bertz CT molecular complexity index is 245. The molecule has 14 heavy (non-hydrogen) atoms. The zero-order valence-electron chi connectivity index (χ0n) is 9.02. The molecule has 0 aliphatic heterocycles. The van der Waals surface area contributed by atoms with Crippen LogP contribution in [-0.4, -0.2) is 24.4 Å². The van der Waals surface area contributed by atoms with Crippen molar-refractivity contribution in [1.82, 2.24) is 10.6 Å². The fourth-order valence-electron chi connectivity index (χ4n) is 1.56. The molecule has 0 aromatic heterocycles. The number of hydrogen-bond donors (Lipinski definition) is 2. The summed E-state index contributed by atoms with van der Waals surface area (Å²) in [5.74, 6) is -0.191. The first-order chi connectivity index (χ1) is 6.52. The van der Waals surface area contributed by atoms with Gasteiger partial charge in [0.05, 0.1) is 0 Å². The zero-order chi connectivity index (χ0) is 10.8. The topological polar surface area (TPSA) is 58.2 Å². The van der Waals surface area contributed by atoms with E-state index < -0.39 is 5.54 Å². The Morgan fingerprint density at radius 3 is 2.14 bits per heavy atom. The summed E-state index contributed by atoms with van der Waals surface area (Å²) >= 11 is 0. The summed E-state index contributed by atoms with van der Waals surface area (Å²) in [4.78, 5) is 23.0. The number of rotatable bonds is 3. The molecule has 1 aliphatic carbocycles. The van der Waals surface area contributed by atoms with Crippen LogP contribution in [0.5, 0.6) is 0 Å². The predicted molar refractivity (Wildman–Crippen MR) is 53.6 cm³/mol. The molecule has 1 fully saturated rings. The first kappa shape index (κ1) is 11.0. The normalized spacial score (nSPS) is 18.6. The van der Waals surface area contributed by atoms with Gasteiger partial charge in [-0.25, -0.2) is 0 Å². The minimum Gasteiger partial charge on any atom is -0.357 e. The molecular weight excluding hydrogens is 180 g/mol. The number of amides is 2. The van der Waals surface area contributed by atoms with E-state index in [4.69, 9.17) is 0 Å². The van der Waals surface area contributed by atoms with Crippen molar-refractivity contribution in [1.29, 1.82) is 0 Å². The van der Waals surface area contributed by atoms with Gasteiger partial charge in [0.2, 0.25) is 11.8 Å². The van der Waals surface area contributed by atoms with Crippen LogP contribution >= 0.6 is 0 Å². The smallest absolute Gasteiger partial charge is 0.245 e. The summed E-state index contributed by atoms with van der Waals surface area (Å²) in [7, 11) is 1.60. The molecule has 2 amide bonds. The minimum absolute atomic E-state index is 0.0479. The van der Waals surface area contributed by atoms with Crippen LogP contribution in [-0.2, 0) is 9.59 Å². The van der Waals surface area contributed by atoms with Gasteiger partial charge in [-0.05, 0) is 19.3 Å². The van der Waals surface area contributed by atoms with E-state index in [1.807, 2.05) is 13.8 Å². The second-order valence-corrected chi connectivity index (χ2v) is 4.16. The van der Waals surface area contributed by atoms with Gasteiger partial charge in [0.25, 0.3) is 0 Å². The maximum atomic E-state index is 11.5. The van der Waals surface area contributed by atoms with Gasteiger partial charge in [0.1, 0.15) is 5.54 Å². The summed E-state index contributed by atoms with van der Waals surface area (Å²) in [5.41, 5.74) is -0.615. The lowest BCUT2D eigenvalue weighted by atomic mass is 9.75. The van der Waals surface area contributed by atoms with Crippen LogP contribution < -0.4 is 10.6 Å². The van der Waals surface area contributed by atoms with E-state index >= 15 is 0 Å². The monoisotopic (exact) mass is 198 g/mol. The molecule has 1 saturated carbocycles. The van der Waals surface area contributed by atoms with Crippen LogP contribution in [0.15, 0.2) is 0 Å². The maximum absolute atomic E-state index is 11.5. The van der Waals surface area contributed by atoms with Gasteiger partial charge in [-0.15, -0.1) is 0 Å². The Labute approximate surface area is 84.4 Å². The first-order valence-corrected chi connectivity index (χ1v) is 5.06. The van der Waals surface area contributed by atoms with Crippen molar-refractivity contribution in [3.63, 3.8) is 0 Å². The average Bonchev–Trinajstić information content (AvgIpc) is 2.09. The highest BCUT2D eigenvalue weighted by atomic mass is 16.2. The largest absolute Gasteiger partial charge is 0.357 e. The standard InChI is InChI=1S/C10H18N2O2/c1-7(2)8(13)12-10(5-4-6-10)9(14)11-3/h7H,4-6H2,1-3H3,(H,11,14)(H,12,13). The molecule has 2 N–H and O–H groups in total. The molecule has 4 nitrogen and oxygen atoms in total. The Balaban J connectivity index is 2.63.